The Balaban J connectivity index is 1.95. The van der Waals surface area contributed by atoms with Crippen molar-refractivity contribution in [2.45, 2.75) is 18.9 Å². The van der Waals surface area contributed by atoms with Crippen molar-refractivity contribution in [1.82, 2.24) is 10.3 Å². The van der Waals surface area contributed by atoms with E-state index in [1.807, 2.05) is 0 Å². The van der Waals surface area contributed by atoms with E-state index in [0.717, 1.165) is 31.6 Å². The van der Waals surface area contributed by atoms with E-state index in [2.05, 4.69) is 15.6 Å². The number of hydrogen-bond acceptors (Lipinski definition) is 3. The first kappa shape index (κ1) is 9.40. The van der Waals surface area contributed by atoms with Crippen molar-refractivity contribution in [3.05, 3.63) is 24.3 Å². The van der Waals surface area contributed by atoms with Crippen LogP contribution >= 0.6 is 0 Å². The first-order valence-corrected chi connectivity index (χ1v) is 4.92. The van der Waals surface area contributed by atoms with Gasteiger partial charge in [-0.3, -0.25) is 4.98 Å². The van der Waals surface area contributed by atoms with E-state index in [0.29, 0.717) is 6.04 Å². The zero-order chi connectivity index (χ0) is 9.80. The lowest BCUT2D eigenvalue weighted by Gasteiger charge is -2.24. The molecule has 0 saturated carbocycles. The first-order chi connectivity index (χ1) is 6.84. The van der Waals surface area contributed by atoms with E-state index in [1.165, 1.54) is 12.3 Å². The lowest BCUT2D eigenvalue weighted by atomic mass is 10.1. The summed E-state index contributed by atoms with van der Waals surface area (Å²) in [5.41, 5.74) is 0.775. The smallest absolute Gasteiger partial charge is 0.143 e. The third-order valence-corrected chi connectivity index (χ3v) is 2.41. The summed E-state index contributed by atoms with van der Waals surface area (Å²) in [5, 5.41) is 6.56. The molecule has 1 aromatic rings. The summed E-state index contributed by atoms with van der Waals surface area (Å²) >= 11 is 0. The highest BCUT2D eigenvalue weighted by Gasteiger charge is 2.12. The summed E-state index contributed by atoms with van der Waals surface area (Å²) in [5.74, 6) is -0.288. The number of nitrogens with one attached hydrogen (secondary N) is 2. The molecule has 0 aromatic carbocycles. The van der Waals surface area contributed by atoms with Crippen molar-refractivity contribution in [1.29, 1.82) is 0 Å². The zero-order valence-electron chi connectivity index (χ0n) is 7.96. The lowest BCUT2D eigenvalue weighted by molar-refractivity contribution is 0.478. The summed E-state index contributed by atoms with van der Waals surface area (Å²) in [6.07, 6.45) is 5.03. The second-order valence-corrected chi connectivity index (χ2v) is 3.56. The molecule has 2 heterocycles. The molecule has 1 aromatic heterocycles. The number of hydrogen-bond donors (Lipinski definition) is 2. The Morgan fingerprint density at radius 2 is 2.14 bits per heavy atom. The van der Waals surface area contributed by atoms with Crippen molar-refractivity contribution in [3.8, 4) is 0 Å². The molecule has 2 rings (SSSR count). The van der Waals surface area contributed by atoms with Gasteiger partial charge in [0.15, 0.2) is 0 Å². The number of piperidine rings is 1. The minimum atomic E-state index is -0.288. The predicted molar refractivity (Wildman–Crippen MR) is 53.7 cm³/mol. The summed E-state index contributed by atoms with van der Waals surface area (Å²) in [7, 11) is 0. The number of rotatable bonds is 2. The van der Waals surface area contributed by atoms with Crippen LogP contribution < -0.4 is 10.6 Å². The SMILES string of the molecule is Fc1cncc(NC2CCNCC2)c1. The molecule has 14 heavy (non-hydrogen) atoms. The molecule has 3 nitrogen and oxygen atoms in total. The third kappa shape index (κ3) is 2.42. The fourth-order valence-corrected chi connectivity index (χ4v) is 1.69. The predicted octanol–water partition coefficient (Wildman–Crippen LogP) is 1.38. The molecule has 2 N–H and O–H groups in total. The van der Waals surface area contributed by atoms with Gasteiger partial charge in [-0.15, -0.1) is 0 Å². The van der Waals surface area contributed by atoms with Gasteiger partial charge in [-0.1, -0.05) is 0 Å². The Morgan fingerprint density at radius 3 is 2.86 bits per heavy atom. The molecule has 0 spiro atoms. The van der Waals surface area contributed by atoms with E-state index in [-0.39, 0.29) is 5.82 Å². The molecule has 0 aliphatic carbocycles. The normalized spacial score (nSPS) is 18.1. The fourth-order valence-electron chi connectivity index (χ4n) is 1.69. The second-order valence-electron chi connectivity index (χ2n) is 3.56. The maximum atomic E-state index is 12.8. The minimum Gasteiger partial charge on any atom is -0.381 e. The van der Waals surface area contributed by atoms with Crippen molar-refractivity contribution < 1.29 is 4.39 Å². The zero-order valence-corrected chi connectivity index (χ0v) is 7.96. The van der Waals surface area contributed by atoms with Crippen LogP contribution in [-0.2, 0) is 0 Å². The van der Waals surface area contributed by atoms with E-state index < -0.39 is 0 Å². The summed E-state index contributed by atoms with van der Waals surface area (Å²) in [6, 6.07) is 1.93. The van der Waals surface area contributed by atoms with Crippen LogP contribution in [0, 0.1) is 5.82 Å². The monoisotopic (exact) mass is 195 g/mol. The maximum Gasteiger partial charge on any atom is 0.143 e. The van der Waals surface area contributed by atoms with E-state index in [1.54, 1.807) is 6.20 Å². The molecular weight excluding hydrogens is 181 g/mol. The van der Waals surface area contributed by atoms with Crippen LogP contribution in [0.2, 0.25) is 0 Å². The Hall–Kier alpha value is -1.16. The molecule has 76 valence electrons. The van der Waals surface area contributed by atoms with E-state index in [9.17, 15) is 4.39 Å². The van der Waals surface area contributed by atoms with E-state index in [4.69, 9.17) is 0 Å². The van der Waals surface area contributed by atoms with Gasteiger partial charge >= 0.3 is 0 Å². The number of anilines is 1. The molecular formula is C10H14FN3. The summed E-state index contributed by atoms with van der Waals surface area (Å²) in [6.45, 7) is 2.06. The van der Waals surface area contributed by atoms with Crippen molar-refractivity contribution in [2.24, 2.45) is 0 Å². The van der Waals surface area contributed by atoms with Crippen LogP contribution in [0.3, 0.4) is 0 Å². The Kier molecular flexibility index (Phi) is 2.93. The average molecular weight is 195 g/mol. The molecule has 0 radical (unpaired) electrons. The lowest BCUT2D eigenvalue weighted by Crippen LogP contribution is -2.35. The molecule has 0 unspecified atom stereocenters. The van der Waals surface area contributed by atoms with Gasteiger partial charge in [0.05, 0.1) is 18.1 Å². The van der Waals surface area contributed by atoms with Gasteiger partial charge in [-0.05, 0) is 25.9 Å². The van der Waals surface area contributed by atoms with Gasteiger partial charge < -0.3 is 10.6 Å². The first-order valence-electron chi connectivity index (χ1n) is 4.92. The highest BCUT2D eigenvalue weighted by atomic mass is 19.1. The van der Waals surface area contributed by atoms with Crippen molar-refractivity contribution in [2.75, 3.05) is 18.4 Å². The molecule has 0 amide bonds. The fraction of sp³-hybridized carbons (Fsp3) is 0.500. The summed E-state index contributed by atoms with van der Waals surface area (Å²) in [4.78, 5) is 3.80. The third-order valence-electron chi connectivity index (χ3n) is 2.41. The maximum absolute atomic E-state index is 12.8. The largest absolute Gasteiger partial charge is 0.381 e. The van der Waals surface area contributed by atoms with Crippen molar-refractivity contribution >= 4 is 5.69 Å². The Morgan fingerprint density at radius 1 is 1.36 bits per heavy atom. The Bertz CT molecular complexity index is 297. The molecule has 1 saturated heterocycles. The number of nitrogens with zero attached hydrogens (tertiary/aromatic N) is 1. The van der Waals surface area contributed by atoms with Crippen LogP contribution in [0.4, 0.5) is 10.1 Å². The topological polar surface area (TPSA) is 37.0 Å². The second kappa shape index (κ2) is 4.37. The molecule has 1 aliphatic rings. The van der Waals surface area contributed by atoms with Crippen molar-refractivity contribution in [3.63, 3.8) is 0 Å². The molecule has 0 atom stereocenters. The highest BCUT2D eigenvalue weighted by Crippen LogP contribution is 2.12. The quantitative estimate of drug-likeness (QED) is 0.748. The van der Waals surface area contributed by atoms with Crippen LogP contribution in [0.25, 0.3) is 0 Å². The number of aromatic nitrogens is 1. The number of pyridine rings is 1. The van der Waals surface area contributed by atoms with Crippen LogP contribution in [-0.4, -0.2) is 24.1 Å². The minimum absolute atomic E-state index is 0.288. The van der Waals surface area contributed by atoms with Gasteiger partial charge in [-0.2, -0.15) is 0 Å². The van der Waals surface area contributed by atoms with Gasteiger partial charge in [0, 0.05) is 12.1 Å². The summed E-state index contributed by atoms with van der Waals surface area (Å²) < 4.78 is 12.8. The molecule has 1 aliphatic heterocycles. The average Bonchev–Trinajstić information content (AvgIpc) is 2.19. The molecule has 0 bridgehead atoms. The standard InChI is InChI=1S/C10H14FN3/c11-8-5-10(7-13-6-8)14-9-1-3-12-4-2-9/h5-7,9,12,14H,1-4H2. The Labute approximate surface area is 82.7 Å². The van der Waals surface area contributed by atoms with Gasteiger partial charge in [0.2, 0.25) is 0 Å². The van der Waals surface area contributed by atoms with Gasteiger partial charge in [-0.25, -0.2) is 4.39 Å². The molecule has 4 heteroatoms. The highest BCUT2D eigenvalue weighted by molar-refractivity contribution is 5.41. The van der Waals surface area contributed by atoms with Crippen LogP contribution in [0.1, 0.15) is 12.8 Å². The molecule has 1 fully saturated rings. The van der Waals surface area contributed by atoms with Crippen LogP contribution in [0.15, 0.2) is 18.5 Å². The van der Waals surface area contributed by atoms with Crippen LogP contribution in [0.5, 0.6) is 0 Å². The van der Waals surface area contributed by atoms with E-state index >= 15 is 0 Å². The number of halogens is 1. The van der Waals surface area contributed by atoms with Gasteiger partial charge in [0.1, 0.15) is 5.82 Å². The van der Waals surface area contributed by atoms with Gasteiger partial charge in [0.25, 0.3) is 0 Å².